The Morgan fingerprint density at radius 1 is 1.38 bits per heavy atom. The number of carbonyl (C=O) groups is 1. The number of nitrogens with one attached hydrogen (secondary N) is 2. The van der Waals surface area contributed by atoms with Crippen molar-refractivity contribution in [3.63, 3.8) is 0 Å². The van der Waals surface area contributed by atoms with Crippen molar-refractivity contribution in [2.45, 2.75) is 26.4 Å². The first-order chi connectivity index (χ1) is 10.0. The summed E-state index contributed by atoms with van der Waals surface area (Å²) in [6.45, 7) is 4.11. The molecule has 2 aromatic rings. The maximum absolute atomic E-state index is 12.0. The SMILES string of the molecule is C[C@H](O)[C@](C)(CNC(=O)c1ccn[nH]1)Cc1ccccc1. The summed E-state index contributed by atoms with van der Waals surface area (Å²) in [6.07, 6.45) is 1.68. The molecule has 2 atom stereocenters. The van der Waals surface area contributed by atoms with E-state index in [4.69, 9.17) is 0 Å². The summed E-state index contributed by atoms with van der Waals surface area (Å²) in [5.41, 5.74) is 1.12. The molecule has 1 aromatic carbocycles. The van der Waals surface area contributed by atoms with E-state index in [1.54, 1.807) is 13.0 Å². The zero-order valence-corrected chi connectivity index (χ0v) is 12.3. The minimum atomic E-state index is -0.542. The van der Waals surface area contributed by atoms with Gasteiger partial charge in [0, 0.05) is 18.2 Å². The number of aliphatic hydroxyl groups excluding tert-OH is 1. The Morgan fingerprint density at radius 2 is 2.10 bits per heavy atom. The molecule has 3 N–H and O–H groups in total. The van der Waals surface area contributed by atoms with E-state index in [9.17, 15) is 9.90 Å². The van der Waals surface area contributed by atoms with Crippen molar-refractivity contribution in [1.82, 2.24) is 15.5 Å². The van der Waals surface area contributed by atoms with Crippen molar-refractivity contribution in [3.05, 3.63) is 53.9 Å². The number of amides is 1. The lowest BCUT2D eigenvalue weighted by Crippen LogP contribution is -2.43. The highest BCUT2D eigenvalue weighted by Crippen LogP contribution is 2.26. The Kier molecular flexibility index (Phi) is 4.75. The van der Waals surface area contributed by atoms with Crippen molar-refractivity contribution in [3.8, 4) is 0 Å². The van der Waals surface area contributed by atoms with Gasteiger partial charge in [-0.1, -0.05) is 37.3 Å². The van der Waals surface area contributed by atoms with E-state index in [-0.39, 0.29) is 5.91 Å². The topological polar surface area (TPSA) is 78.0 Å². The highest BCUT2D eigenvalue weighted by atomic mass is 16.3. The van der Waals surface area contributed by atoms with Gasteiger partial charge in [0.15, 0.2) is 0 Å². The lowest BCUT2D eigenvalue weighted by molar-refractivity contribution is 0.0499. The highest BCUT2D eigenvalue weighted by Gasteiger charge is 2.31. The molecule has 5 heteroatoms. The first kappa shape index (κ1) is 15.3. The fourth-order valence-electron chi connectivity index (χ4n) is 2.18. The molecule has 0 fully saturated rings. The number of hydrogen-bond donors (Lipinski definition) is 3. The van der Waals surface area contributed by atoms with Gasteiger partial charge in [0.25, 0.3) is 5.91 Å². The van der Waals surface area contributed by atoms with E-state index in [1.165, 1.54) is 6.20 Å². The normalized spacial score (nSPS) is 15.2. The third-order valence-electron chi connectivity index (χ3n) is 3.86. The average molecular weight is 287 g/mol. The molecule has 0 aliphatic carbocycles. The minimum absolute atomic E-state index is 0.215. The van der Waals surface area contributed by atoms with Crippen LogP contribution in [0.1, 0.15) is 29.9 Å². The van der Waals surface area contributed by atoms with Gasteiger partial charge in [-0.05, 0) is 25.0 Å². The second-order valence-corrected chi connectivity index (χ2v) is 5.65. The zero-order valence-electron chi connectivity index (χ0n) is 12.3. The number of carbonyl (C=O) groups excluding carboxylic acids is 1. The molecule has 0 bridgehead atoms. The van der Waals surface area contributed by atoms with Crippen molar-refractivity contribution in [1.29, 1.82) is 0 Å². The van der Waals surface area contributed by atoms with Crippen LogP contribution in [-0.2, 0) is 6.42 Å². The molecule has 1 aromatic heterocycles. The van der Waals surface area contributed by atoms with Gasteiger partial charge >= 0.3 is 0 Å². The lowest BCUT2D eigenvalue weighted by atomic mass is 9.79. The van der Waals surface area contributed by atoms with E-state index in [1.807, 2.05) is 37.3 Å². The molecule has 2 rings (SSSR count). The summed E-state index contributed by atoms with van der Waals surface area (Å²) in [7, 11) is 0. The first-order valence-electron chi connectivity index (χ1n) is 7.01. The standard InChI is InChI=1S/C16H21N3O2/c1-12(20)16(2,10-13-6-4-3-5-7-13)11-17-15(21)14-8-9-18-19-14/h3-9,12,20H,10-11H2,1-2H3,(H,17,21)(H,18,19)/t12-,16-/m0/s1. The van der Waals surface area contributed by atoms with Crippen LogP contribution < -0.4 is 5.32 Å². The predicted molar refractivity (Wildman–Crippen MR) is 80.9 cm³/mol. The molecule has 0 saturated carbocycles. The second kappa shape index (κ2) is 6.54. The largest absolute Gasteiger partial charge is 0.393 e. The number of H-pyrrole nitrogens is 1. The fraction of sp³-hybridized carbons (Fsp3) is 0.375. The Bertz CT molecular complexity index is 566. The molecular formula is C16H21N3O2. The molecule has 0 spiro atoms. The summed E-state index contributed by atoms with van der Waals surface area (Å²) in [4.78, 5) is 12.0. The Hall–Kier alpha value is -2.14. The third kappa shape index (κ3) is 3.92. The summed E-state index contributed by atoms with van der Waals surface area (Å²) >= 11 is 0. The number of aliphatic hydroxyl groups is 1. The minimum Gasteiger partial charge on any atom is -0.393 e. The molecule has 0 saturated heterocycles. The average Bonchev–Trinajstić information content (AvgIpc) is 3.00. The number of nitrogens with zero attached hydrogens (tertiary/aromatic N) is 1. The van der Waals surface area contributed by atoms with Crippen LogP contribution in [0.3, 0.4) is 0 Å². The van der Waals surface area contributed by atoms with E-state index in [0.29, 0.717) is 18.7 Å². The molecule has 5 nitrogen and oxygen atoms in total. The van der Waals surface area contributed by atoms with Crippen molar-refractivity contribution < 1.29 is 9.90 Å². The van der Waals surface area contributed by atoms with Gasteiger partial charge in [0.1, 0.15) is 5.69 Å². The van der Waals surface area contributed by atoms with Gasteiger partial charge in [-0.3, -0.25) is 9.89 Å². The van der Waals surface area contributed by atoms with Gasteiger partial charge in [-0.2, -0.15) is 5.10 Å². The van der Waals surface area contributed by atoms with Crippen LogP contribution in [0.5, 0.6) is 0 Å². The number of hydrogen-bond acceptors (Lipinski definition) is 3. The van der Waals surface area contributed by atoms with Crippen LogP contribution in [-0.4, -0.2) is 33.9 Å². The quantitative estimate of drug-likeness (QED) is 0.757. The van der Waals surface area contributed by atoms with Crippen LogP contribution >= 0.6 is 0 Å². The number of benzene rings is 1. The van der Waals surface area contributed by atoms with Gasteiger partial charge in [-0.25, -0.2) is 0 Å². The molecule has 0 aliphatic heterocycles. The van der Waals surface area contributed by atoms with Gasteiger partial charge in [0.2, 0.25) is 0 Å². The van der Waals surface area contributed by atoms with Crippen LogP contribution in [0.25, 0.3) is 0 Å². The first-order valence-corrected chi connectivity index (χ1v) is 7.01. The lowest BCUT2D eigenvalue weighted by Gasteiger charge is -2.33. The monoisotopic (exact) mass is 287 g/mol. The van der Waals surface area contributed by atoms with Gasteiger partial charge < -0.3 is 10.4 Å². The molecule has 0 radical (unpaired) electrons. The molecule has 1 amide bonds. The molecule has 1 heterocycles. The van der Waals surface area contributed by atoms with Gasteiger partial charge in [0.05, 0.1) is 6.10 Å². The highest BCUT2D eigenvalue weighted by molar-refractivity contribution is 5.92. The van der Waals surface area contributed by atoms with E-state index < -0.39 is 11.5 Å². The Morgan fingerprint density at radius 3 is 2.67 bits per heavy atom. The van der Waals surface area contributed by atoms with Crippen LogP contribution in [0.15, 0.2) is 42.6 Å². The smallest absolute Gasteiger partial charge is 0.269 e. The summed E-state index contributed by atoms with van der Waals surface area (Å²) in [5, 5.41) is 19.3. The Balaban J connectivity index is 2.03. The number of rotatable bonds is 6. The molecule has 21 heavy (non-hydrogen) atoms. The fourth-order valence-corrected chi connectivity index (χ4v) is 2.18. The third-order valence-corrected chi connectivity index (χ3v) is 3.86. The zero-order chi connectivity index (χ0) is 15.3. The van der Waals surface area contributed by atoms with E-state index in [2.05, 4.69) is 15.5 Å². The van der Waals surface area contributed by atoms with Gasteiger partial charge in [-0.15, -0.1) is 0 Å². The maximum Gasteiger partial charge on any atom is 0.269 e. The van der Waals surface area contributed by atoms with E-state index in [0.717, 1.165) is 5.56 Å². The maximum atomic E-state index is 12.0. The van der Waals surface area contributed by atoms with Crippen LogP contribution in [0, 0.1) is 5.41 Å². The summed E-state index contributed by atoms with van der Waals surface area (Å²) < 4.78 is 0. The van der Waals surface area contributed by atoms with Crippen molar-refractivity contribution in [2.75, 3.05) is 6.54 Å². The van der Waals surface area contributed by atoms with Crippen molar-refractivity contribution in [2.24, 2.45) is 5.41 Å². The summed E-state index contributed by atoms with van der Waals surface area (Å²) in [5.74, 6) is -0.215. The van der Waals surface area contributed by atoms with Crippen LogP contribution in [0.2, 0.25) is 0 Å². The molecular weight excluding hydrogens is 266 g/mol. The number of aromatic amines is 1. The van der Waals surface area contributed by atoms with E-state index >= 15 is 0 Å². The van der Waals surface area contributed by atoms with Crippen molar-refractivity contribution >= 4 is 5.91 Å². The molecule has 0 aliphatic rings. The second-order valence-electron chi connectivity index (χ2n) is 5.65. The Labute approximate surface area is 124 Å². The molecule has 0 unspecified atom stereocenters. The summed E-state index contributed by atoms with van der Waals surface area (Å²) in [6, 6.07) is 11.6. The van der Waals surface area contributed by atoms with Crippen LogP contribution in [0.4, 0.5) is 0 Å². The molecule has 112 valence electrons. The number of aromatic nitrogens is 2. The predicted octanol–water partition coefficient (Wildman–Crippen LogP) is 1.77.